The molecule has 0 spiro atoms. The number of hydrogen-bond donors (Lipinski definition) is 3. The molecule has 9 atom stereocenters. The minimum atomic E-state index is -1.00. The molecule has 0 aromatic carbocycles. The molecule has 3 saturated carbocycles. The number of aliphatic hydroxyl groups excluding tert-OH is 2. The SMILES string of the molecule is CC(C)CC[C@H](O)[C@](C)(O)[C@H]1CC[C@H]2[C@@H]3CC=C4C[C@@H](O)CC[C@]4(C)[C@H]3CC[C@]12C. The van der Waals surface area contributed by atoms with Crippen LogP contribution in [0.5, 0.6) is 0 Å². The van der Waals surface area contributed by atoms with Crippen LogP contribution in [0.1, 0.15) is 98.8 Å². The van der Waals surface area contributed by atoms with Crippen LogP contribution in [0.4, 0.5) is 0 Å². The summed E-state index contributed by atoms with van der Waals surface area (Å²) in [5, 5.41) is 32.7. The molecule has 3 N–H and O–H groups in total. The first-order chi connectivity index (χ1) is 14.0. The van der Waals surface area contributed by atoms with Gasteiger partial charge in [-0.25, -0.2) is 0 Å². The van der Waals surface area contributed by atoms with Crippen molar-refractivity contribution in [1.29, 1.82) is 0 Å². The monoisotopic (exact) mass is 418 g/mol. The van der Waals surface area contributed by atoms with Crippen molar-refractivity contribution in [2.75, 3.05) is 0 Å². The van der Waals surface area contributed by atoms with E-state index in [1.165, 1.54) is 24.8 Å². The lowest BCUT2D eigenvalue weighted by Gasteiger charge is -2.59. The summed E-state index contributed by atoms with van der Waals surface area (Å²) < 4.78 is 0. The first-order valence-corrected chi connectivity index (χ1v) is 12.8. The van der Waals surface area contributed by atoms with Crippen molar-refractivity contribution in [3.63, 3.8) is 0 Å². The minimum Gasteiger partial charge on any atom is -0.393 e. The first-order valence-electron chi connectivity index (χ1n) is 12.8. The van der Waals surface area contributed by atoms with Gasteiger partial charge < -0.3 is 15.3 Å². The van der Waals surface area contributed by atoms with E-state index in [1.54, 1.807) is 0 Å². The highest BCUT2D eigenvalue weighted by Crippen LogP contribution is 2.67. The largest absolute Gasteiger partial charge is 0.393 e. The third kappa shape index (κ3) is 3.52. The van der Waals surface area contributed by atoms with E-state index in [2.05, 4.69) is 33.8 Å². The molecule has 0 amide bonds. The van der Waals surface area contributed by atoms with Gasteiger partial charge in [0.25, 0.3) is 0 Å². The predicted molar refractivity (Wildman–Crippen MR) is 122 cm³/mol. The summed E-state index contributed by atoms with van der Waals surface area (Å²) >= 11 is 0. The van der Waals surface area contributed by atoms with Crippen LogP contribution < -0.4 is 0 Å². The lowest BCUT2D eigenvalue weighted by molar-refractivity contribution is -0.151. The average molecular weight is 419 g/mol. The summed E-state index contributed by atoms with van der Waals surface area (Å²) in [6.45, 7) is 11.2. The standard InChI is InChI=1S/C27H46O3/c1-17(2)6-11-24(29)27(5,30)23-10-9-21-20-8-7-18-16-19(28)12-14-25(18,3)22(20)13-15-26(21,23)4/h7,17,19-24,28-30H,6,8-16H2,1-5H3/t19-,20-,21-,22-,23-,24-,25-,26-,27+/m0/s1. The number of fused-ring (bicyclic) bond motifs is 5. The fourth-order valence-corrected chi connectivity index (χ4v) is 8.62. The van der Waals surface area contributed by atoms with E-state index < -0.39 is 11.7 Å². The number of hydrogen-bond acceptors (Lipinski definition) is 3. The molecule has 172 valence electrons. The van der Waals surface area contributed by atoms with Crippen LogP contribution in [0.25, 0.3) is 0 Å². The summed E-state index contributed by atoms with van der Waals surface area (Å²) in [4.78, 5) is 0. The van der Waals surface area contributed by atoms with Crippen molar-refractivity contribution in [3.8, 4) is 0 Å². The van der Waals surface area contributed by atoms with E-state index >= 15 is 0 Å². The second-order valence-electron chi connectivity index (χ2n) is 12.5. The molecular weight excluding hydrogens is 372 g/mol. The molecule has 3 nitrogen and oxygen atoms in total. The molecule has 3 fully saturated rings. The van der Waals surface area contributed by atoms with Gasteiger partial charge in [0, 0.05) is 0 Å². The molecule has 30 heavy (non-hydrogen) atoms. The average Bonchev–Trinajstić information content (AvgIpc) is 3.04. The normalized spacial score (nSPS) is 46.4. The predicted octanol–water partition coefficient (Wildman–Crippen LogP) is 5.47. The van der Waals surface area contributed by atoms with Crippen molar-refractivity contribution in [2.45, 2.75) is 117 Å². The Morgan fingerprint density at radius 1 is 1.07 bits per heavy atom. The highest BCUT2D eigenvalue weighted by atomic mass is 16.3. The lowest BCUT2D eigenvalue weighted by atomic mass is 9.46. The summed E-state index contributed by atoms with van der Waals surface area (Å²) in [6, 6.07) is 0. The van der Waals surface area contributed by atoms with Gasteiger partial charge in [-0.1, -0.05) is 39.3 Å². The Labute approximate surface area is 184 Å². The number of allylic oxidation sites excluding steroid dienone is 1. The summed E-state index contributed by atoms with van der Waals surface area (Å²) in [6.07, 6.45) is 12.1. The van der Waals surface area contributed by atoms with E-state index in [4.69, 9.17) is 0 Å². The Morgan fingerprint density at radius 2 is 1.80 bits per heavy atom. The molecule has 0 aromatic heterocycles. The molecular formula is C27H46O3. The van der Waals surface area contributed by atoms with Gasteiger partial charge in [0.2, 0.25) is 0 Å². The van der Waals surface area contributed by atoms with Gasteiger partial charge in [-0.2, -0.15) is 0 Å². The zero-order chi connectivity index (χ0) is 21.9. The Balaban J connectivity index is 1.55. The number of rotatable bonds is 5. The van der Waals surface area contributed by atoms with Gasteiger partial charge in [-0.3, -0.25) is 0 Å². The van der Waals surface area contributed by atoms with Gasteiger partial charge in [-0.05, 0) is 112 Å². The van der Waals surface area contributed by atoms with Crippen molar-refractivity contribution in [1.82, 2.24) is 0 Å². The quantitative estimate of drug-likeness (QED) is 0.519. The van der Waals surface area contributed by atoms with Crippen LogP contribution in [0.3, 0.4) is 0 Å². The minimum absolute atomic E-state index is 0.124. The van der Waals surface area contributed by atoms with Crippen LogP contribution in [0, 0.1) is 40.4 Å². The zero-order valence-electron chi connectivity index (χ0n) is 20.0. The van der Waals surface area contributed by atoms with E-state index in [9.17, 15) is 15.3 Å². The molecule has 0 bridgehead atoms. The van der Waals surface area contributed by atoms with Crippen LogP contribution in [-0.4, -0.2) is 33.1 Å². The van der Waals surface area contributed by atoms with Gasteiger partial charge >= 0.3 is 0 Å². The lowest BCUT2D eigenvalue weighted by Crippen LogP contribution is -2.55. The van der Waals surface area contributed by atoms with E-state index in [-0.39, 0.29) is 22.9 Å². The first kappa shape index (κ1) is 22.8. The Bertz CT molecular complexity index is 667. The second kappa shape index (κ2) is 7.89. The van der Waals surface area contributed by atoms with Crippen LogP contribution in [-0.2, 0) is 0 Å². The zero-order valence-corrected chi connectivity index (χ0v) is 20.0. The molecule has 0 aliphatic heterocycles. The van der Waals surface area contributed by atoms with Gasteiger partial charge in [-0.15, -0.1) is 0 Å². The maximum Gasteiger partial charge on any atom is 0.0910 e. The maximum absolute atomic E-state index is 11.6. The van der Waals surface area contributed by atoms with Gasteiger partial charge in [0.15, 0.2) is 0 Å². The molecule has 4 aliphatic rings. The molecule has 0 unspecified atom stereocenters. The van der Waals surface area contributed by atoms with E-state index in [1.807, 2.05) is 6.92 Å². The molecule has 0 heterocycles. The van der Waals surface area contributed by atoms with Crippen molar-refractivity contribution < 1.29 is 15.3 Å². The van der Waals surface area contributed by atoms with Gasteiger partial charge in [0.05, 0.1) is 17.8 Å². The molecule has 4 aliphatic carbocycles. The topological polar surface area (TPSA) is 60.7 Å². The van der Waals surface area contributed by atoms with Crippen LogP contribution in [0.15, 0.2) is 11.6 Å². The third-order valence-electron chi connectivity index (χ3n) is 10.5. The van der Waals surface area contributed by atoms with Crippen LogP contribution >= 0.6 is 0 Å². The van der Waals surface area contributed by atoms with E-state index in [0.717, 1.165) is 44.4 Å². The van der Waals surface area contributed by atoms with Gasteiger partial charge in [0.1, 0.15) is 0 Å². The summed E-state index contributed by atoms with van der Waals surface area (Å²) in [5.74, 6) is 2.80. The highest BCUT2D eigenvalue weighted by molar-refractivity contribution is 5.25. The fourth-order valence-electron chi connectivity index (χ4n) is 8.62. The molecule has 0 radical (unpaired) electrons. The molecule has 3 heteroatoms. The van der Waals surface area contributed by atoms with Crippen molar-refractivity contribution >= 4 is 0 Å². The van der Waals surface area contributed by atoms with E-state index in [0.29, 0.717) is 24.2 Å². The Hall–Kier alpha value is -0.380. The smallest absolute Gasteiger partial charge is 0.0910 e. The highest BCUT2D eigenvalue weighted by Gasteiger charge is 2.62. The van der Waals surface area contributed by atoms with Crippen molar-refractivity contribution in [2.24, 2.45) is 40.4 Å². The summed E-state index contributed by atoms with van der Waals surface area (Å²) in [5.41, 5.74) is 0.914. The van der Waals surface area contributed by atoms with Crippen molar-refractivity contribution in [3.05, 3.63) is 11.6 Å². The Morgan fingerprint density at radius 3 is 2.50 bits per heavy atom. The summed E-state index contributed by atoms with van der Waals surface area (Å²) in [7, 11) is 0. The third-order valence-corrected chi connectivity index (χ3v) is 10.5. The fraction of sp³-hybridized carbons (Fsp3) is 0.926. The number of aliphatic hydroxyl groups is 3. The maximum atomic E-state index is 11.6. The molecule has 0 aromatic rings. The second-order valence-corrected chi connectivity index (χ2v) is 12.5. The van der Waals surface area contributed by atoms with Crippen LogP contribution in [0.2, 0.25) is 0 Å². The molecule has 4 rings (SSSR count). The molecule has 0 saturated heterocycles. The Kier molecular flexibility index (Phi) is 5.99.